The molecule has 0 atom stereocenters. The summed E-state index contributed by atoms with van der Waals surface area (Å²) in [5.74, 6) is 0.524. The number of hydrogen-bond donors (Lipinski definition) is 2. The van der Waals surface area contributed by atoms with E-state index in [1.165, 1.54) is 17.7 Å². The molecule has 1 aliphatic heterocycles. The van der Waals surface area contributed by atoms with E-state index in [9.17, 15) is 9.18 Å². The molecule has 154 valence electrons. The lowest BCUT2D eigenvalue weighted by atomic mass is 10.0. The minimum Gasteiger partial charge on any atom is -0.349 e. The number of aryl methyl sites for hydroxylation is 1. The van der Waals surface area contributed by atoms with Crippen molar-refractivity contribution in [3.63, 3.8) is 0 Å². The molecule has 30 heavy (non-hydrogen) atoms. The molecule has 2 heterocycles. The first kappa shape index (κ1) is 19.8. The Labute approximate surface area is 175 Å². The molecular formula is C23H24FN5O. The summed E-state index contributed by atoms with van der Waals surface area (Å²) in [4.78, 5) is 23.5. The Bertz CT molecular complexity index is 1020. The molecule has 0 saturated carbocycles. The van der Waals surface area contributed by atoms with E-state index in [1.807, 2.05) is 30.3 Å². The monoisotopic (exact) mass is 405 g/mol. The maximum absolute atomic E-state index is 13.8. The van der Waals surface area contributed by atoms with Gasteiger partial charge in [0.1, 0.15) is 11.6 Å². The van der Waals surface area contributed by atoms with Gasteiger partial charge in [-0.25, -0.2) is 9.37 Å². The SMILES string of the molecule is Cc1ccc(Nc2ccnc(N3CCC(NC(=O)c4ccccc4F)CC3)n2)cc1. The van der Waals surface area contributed by atoms with Gasteiger partial charge in [0.25, 0.3) is 5.91 Å². The molecule has 2 aromatic carbocycles. The summed E-state index contributed by atoms with van der Waals surface area (Å²) in [6.45, 7) is 3.49. The van der Waals surface area contributed by atoms with Crippen molar-refractivity contribution >= 4 is 23.4 Å². The van der Waals surface area contributed by atoms with E-state index in [0.717, 1.165) is 37.4 Å². The average molecular weight is 405 g/mol. The van der Waals surface area contributed by atoms with Crippen LogP contribution in [0.4, 0.5) is 21.8 Å². The number of amides is 1. The number of halogens is 1. The smallest absolute Gasteiger partial charge is 0.254 e. The third-order valence-corrected chi connectivity index (χ3v) is 5.20. The van der Waals surface area contributed by atoms with Crippen molar-refractivity contribution < 1.29 is 9.18 Å². The molecule has 2 N–H and O–H groups in total. The molecule has 6 nitrogen and oxygen atoms in total. The van der Waals surface area contributed by atoms with Crippen LogP contribution >= 0.6 is 0 Å². The quantitative estimate of drug-likeness (QED) is 0.670. The summed E-state index contributed by atoms with van der Waals surface area (Å²) in [5.41, 5.74) is 2.26. The van der Waals surface area contributed by atoms with Crippen molar-refractivity contribution in [3.05, 3.63) is 77.7 Å². The van der Waals surface area contributed by atoms with Gasteiger partial charge in [-0.2, -0.15) is 4.98 Å². The highest BCUT2D eigenvalue weighted by molar-refractivity contribution is 5.94. The Morgan fingerprint density at radius 3 is 2.53 bits per heavy atom. The highest BCUT2D eigenvalue weighted by atomic mass is 19.1. The number of anilines is 3. The number of nitrogens with one attached hydrogen (secondary N) is 2. The molecule has 1 aromatic heterocycles. The van der Waals surface area contributed by atoms with Crippen molar-refractivity contribution in [2.45, 2.75) is 25.8 Å². The van der Waals surface area contributed by atoms with Gasteiger partial charge in [0.05, 0.1) is 5.56 Å². The third kappa shape index (κ3) is 4.74. The standard InChI is InChI=1S/C23H24FN5O/c1-16-6-8-17(9-7-16)26-21-10-13-25-23(28-21)29-14-11-18(12-15-29)27-22(30)19-4-2-3-5-20(19)24/h2-10,13,18H,11-12,14-15H2,1H3,(H,27,30)(H,25,26,28). The molecule has 4 rings (SSSR count). The average Bonchev–Trinajstić information content (AvgIpc) is 2.76. The Hall–Kier alpha value is -3.48. The van der Waals surface area contributed by atoms with Crippen LogP contribution in [0, 0.1) is 12.7 Å². The van der Waals surface area contributed by atoms with Crippen LogP contribution in [-0.4, -0.2) is 35.0 Å². The molecule has 1 aliphatic rings. The molecule has 0 unspecified atom stereocenters. The number of carbonyl (C=O) groups excluding carboxylic acids is 1. The molecule has 0 radical (unpaired) electrons. The largest absolute Gasteiger partial charge is 0.349 e. The maximum Gasteiger partial charge on any atom is 0.254 e. The van der Waals surface area contributed by atoms with Gasteiger partial charge in [-0.15, -0.1) is 0 Å². The topological polar surface area (TPSA) is 70.2 Å². The first-order valence-electron chi connectivity index (χ1n) is 10.1. The Kier molecular flexibility index (Phi) is 5.88. The predicted molar refractivity (Wildman–Crippen MR) is 116 cm³/mol. The van der Waals surface area contributed by atoms with Gasteiger partial charge in [-0.05, 0) is 50.1 Å². The van der Waals surface area contributed by atoms with Crippen molar-refractivity contribution in [2.24, 2.45) is 0 Å². The number of aromatic nitrogens is 2. The maximum atomic E-state index is 13.8. The molecular weight excluding hydrogens is 381 g/mol. The number of hydrogen-bond acceptors (Lipinski definition) is 5. The first-order chi connectivity index (χ1) is 14.6. The van der Waals surface area contributed by atoms with Crippen molar-refractivity contribution in [3.8, 4) is 0 Å². The normalized spacial score (nSPS) is 14.4. The van der Waals surface area contributed by atoms with Crippen molar-refractivity contribution in [2.75, 3.05) is 23.3 Å². The van der Waals surface area contributed by atoms with Gasteiger partial charge < -0.3 is 15.5 Å². The molecule has 0 spiro atoms. The molecule has 0 bridgehead atoms. The zero-order valence-electron chi connectivity index (χ0n) is 16.8. The minimum absolute atomic E-state index is 0.00206. The number of rotatable bonds is 5. The Balaban J connectivity index is 1.34. The van der Waals surface area contributed by atoms with E-state index in [-0.39, 0.29) is 17.5 Å². The van der Waals surface area contributed by atoms with Crippen molar-refractivity contribution in [1.82, 2.24) is 15.3 Å². The summed E-state index contributed by atoms with van der Waals surface area (Å²) in [6.07, 6.45) is 3.24. The van der Waals surface area contributed by atoms with Crippen LogP contribution in [0.1, 0.15) is 28.8 Å². The summed E-state index contributed by atoms with van der Waals surface area (Å²) >= 11 is 0. The van der Waals surface area contributed by atoms with Gasteiger partial charge in [0.2, 0.25) is 5.95 Å². The van der Waals surface area contributed by atoms with Gasteiger partial charge >= 0.3 is 0 Å². The predicted octanol–water partition coefficient (Wildman–Crippen LogP) is 4.07. The minimum atomic E-state index is -0.501. The molecule has 7 heteroatoms. The number of carbonyl (C=O) groups is 1. The highest BCUT2D eigenvalue weighted by Gasteiger charge is 2.23. The molecule has 1 amide bonds. The van der Waals surface area contributed by atoms with Crippen LogP contribution in [0.5, 0.6) is 0 Å². The first-order valence-corrected chi connectivity index (χ1v) is 10.1. The second-order valence-corrected chi connectivity index (χ2v) is 7.45. The van der Waals surface area contributed by atoms with Crippen LogP contribution in [0.25, 0.3) is 0 Å². The Morgan fingerprint density at radius 1 is 1.07 bits per heavy atom. The van der Waals surface area contributed by atoms with Gasteiger partial charge in [-0.1, -0.05) is 29.8 Å². The van der Waals surface area contributed by atoms with E-state index >= 15 is 0 Å². The third-order valence-electron chi connectivity index (χ3n) is 5.20. The van der Waals surface area contributed by atoms with Crippen LogP contribution < -0.4 is 15.5 Å². The van der Waals surface area contributed by atoms with E-state index < -0.39 is 5.82 Å². The summed E-state index contributed by atoms with van der Waals surface area (Å²) < 4.78 is 13.8. The van der Waals surface area contributed by atoms with Gasteiger partial charge in [0.15, 0.2) is 0 Å². The fourth-order valence-corrected chi connectivity index (χ4v) is 3.49. The van der Waals surface area contributed by atoms with Gasteiger partial charge in [-0.3, -0.25) is 4.79 Å². The molecule has 1 fully saturated rings. The summed E-state index contributed by atoms with van der Waals surface area (Å²) in [5, 5.41) is 6.24. The van der Waals surface area contributed by atoms with Crippen LogP contribution in [0.3, 0.4) is 0 Å². The van der Waals surface area contributed by atoms with Crippen LogP contribution in [0.2, 0.25) is 0 Å². The van der Waals surface area contributed by atoms with Crippen LogP contribution in [0.15, 0.2) is 60.8 Å². The fourth-order valence-electron chi connectivity index (χ4n) is 3.49. The van der Waals surface area contributed by atoms with Crippen molar-refractivity contribution in [1.29, 1.82) is 0 Å². The van der Waals surface area contributed by atoms with E-state index in [2.05, 4.69) is 32.4 Å². The van der Waals surface area contributed by atoms with Gasteiger partial charge in [0, 0.05) is 31.0 Å². The molecule has 1 saturated heterocycles. The second kappa shape index (κ2) is 8.90. The lowest BCUT2D eigenvalue weighted by Gasteiger charge is -2.32. The van der Waals surface area contributed by atoms with E-state index in [0.29, 0.717) is 5.95 Å². The number of benzene rings is 2. The van der Waals surface area contributed by atoms with E-state index in [4.69, 9.17) is 0 Å². The lowest BCUT2D eigenvalue weighted by molar-refractivity contribution is 0.0927. The van der Waals surface area contributed by atoms with Crippen LogP contribution in [-0.2, 0) is 0 Å². The summed E-state index contributed by atoms with van der Waals surface area (Å²) in [7, 11) is 0. The zero-order chi connectivity index (χ0) is 20.9. The second-order valence-electron chi connectivity index (χ2n) is 7.45. The fraction of sp³-hybridized carbons (Fsp3) is 0.261. The highest BCUT2D eigenvalue weighted by Crippen LogP contribution is 2.20. The zero-order valence-corrected chi connectivity index (χ0v) is 16.8. The summed E-state index contributed by atoms with van der Waals surface area (Å²) in [6, 6.07) is 16.0. The molecule has 3 aromatic rings. The molecule has 0 aliphatic carbocycles. The Morgan fingerprint density at radius 2 is 1.80 bits per heavy atom. The van der Waals surface area contributed by atoms with E-state index in [1.54, 1.807) is 18.3 Å². The number of nitrogens with zero attached hydrogens (tertiary/aromatic N) is 3. The lowest BCUT2D eigenvalue weighted by Crippen LogP contribution is -2.45. The number of piperidine rings is 1.